The first-order valence-electron chi connectivity index (χ1n) is 8.78. The molecule has 3 rings (SSSR count). The number of aromatic nitrogens is 3. The van der Waals surface area contributed by atoms with Crippen LogP contribution in [0.5, 0.6) is 0 Å². The summed E-state index contributed by atoms with van der Waals surface area (Å²) in [6, 6.07) is 7.89. The smallest absolute Gasteiger partial charge is 0.334 e. The quantitative estimate of drug-likeness (QED) is 0.664. The highest BCUT2D eigenvalue weighted by Gasteiger charge is 2.33. The Kier molecular flexibility index (Phi) is 5.38. The molecular formula is C20H20F3N5. The average molecular weight is 387 g/mol. The van der Waals surface area contributed by atoms with E-state index in [1.165, 1.54) is 6.07 Å². The van der Waals surface area contributed by atoms with Gasteiger partial charge in [-0.2, -0.15) is 18.4 Å². The minimum atomic E-state index is -4.46. The summed E-state index contributed by atoms with van der Waals surface area (Å²) >= 11 is 0. The topological polar surface area (TPSA) is 57.7 Å². The van der Waals surface area contributed by atoms with Crippen LogP contribution in [-0.4, -0.2) is 40.1 Å². The van der Waals surface area contributed by atoms with Crippen molar-refractivity contribution < 1.29 is 13.2 Å². The van der Waals surface area contributed by atoms with Crippen LogP contribution in [0.2, 0.25) is 0 Å². The Morgan fingerprint density at radius 2 is 1.96 bits per heavy atom. The molecule has 0 aliphatic carbocycles. The number of halogens is 3. The summed E-state index contributed by atoms with van der Waals surface area (Å²) in [6.45, 7) is 0.712. The van der Waals surface area contributed by atoms with Gasteiger partial charge >= 0.3 is 6.18 Å². The Hall–Kier alpha value is -2.92. The third kappa shape index (κ3) is 3.99. The van der Waals surface area contributed by atoms with E-state index < -0.39 is 11.7 Å². The lowest BCUT2D eigenvalue weighted by Gasteiger charge is -2.16. The molecule has 0 bridgehead atoms. The molecule has 0 aliphatic heterocycles. The number of nitrogens with zero attached hydrogens (tertiary/aromatic N) is 5. The fourth-order valence-corrected chi connectivity index (χ4v) is 3.16. The van der Waals surface area contributed by atoms with Crippen molar-refractivity contribution in [1.82, 2.24) is 19.4 Å². The SMILES string of the molecule is CN(C)CCCc1ccc(-c2cc3c(ncn3C)c(C#N)n2)cc1C(F)(F)F. The molecule has 0 atom stereocenters. The van der Waals surface area contributed by atoms with Crippen molar-refractivity contribution in [3.63, 3.8) is 0 Å². The van der Waals surface area contributed by atoms with Crippen LogP contribution in [0, 0.1) is 11.3 Å². The molecule has 8 heteroatoms. The van der Waals surface area contributed by atoms with Crippen LogP contribution in [0.1, 0.15) is 23.2 Å². The normalized spacial score (nSPS) is 11.9. The summed E-state index contributed by atoms with van der Waals surface area (Å²) in [4.78, 5) is 10.3. The highest BCUT2D eigenvalue weighted by Crippen LogP contribution is 2.36. The molecular weight excluding hydrogens is 367 g/mol. The molecule has 3 aromatic rings. The van der Waals surface area contributed by atoms with Gasteiger partial charge in [0.1, 0.15) is 11.6 Å². The van der Waals surface area contributed by atoms with Gasteiger partial charge in [-0.3, -0.25) is 0 Å². The van der Waals surface area contributed by atoms with Gasteiger partial charge < -0.3 is 9.47 Å². The number of rotatable bonds is 5. The Balaban J connectivity index is 2.07. The standard InChI is InChI=1S/C20H20F3N5/c1-27(2)8-4-5-13-6-7-14(9-15(13)20(21,22)23)16-10-18-19(17(11-24)26-16)25-12-28(18)3/h6-7,9-10,12H,4-5,8H2,1-3H3. The molecule has 2 heterocycles. The number of aryl methyl sites for hydroxylation is 2. The number of hydrogen-bond acceptors (Lipinski definition) is 4. The van der Waals surface area contributed by atoms with Gasteiger partial charge in [0.05, 0.1) is 23.1 Å². The maximum Gasteiger partial charge on any atom is 0.416 e. The van der Waals surface area contributed by atoms with Crippen LogP contribution >= 0.6 is 0 Å². The molecule has 0 amide bonds. The Morgan fingerprint density at radius 3 is 2.61 bits per heavy atom. The third-order valence-electron chi connectivity index (χ3n) is 4.58. The second-order valence-electron chi connectivity index (χ2n) is 6.97. The van der Waals surface area contributed by atoms with E-state index in [4.69, 9.17) is 0 Å². The van der Waals surface area contributed by atoms with E-state index in [2.05, 4.69) is 9.97 Å². The van der Waals surface area contributed by atoms with E-state index in [-0.39, 0.29) is 11.3 Å². The van der Waals surface area contributed by atoms with E-state index in [1.807, 2.05) is 25.1 Å². The summed E-state index contributed by atoms with van der Waals surface area (Å²) in [5.41, 5.74) is 1.42. The lowest BCUT2D eigenvalue weighted by molar-refractivity contribution is -0.138. The highest BCUT2D eigenvalue weighted by molar-refractivity contribution is 5.84. The molecule has 0 aliphatic rings. The number of alkyl halides is 3. The van der Waals surface area contributed by atoms with E-state index >= 15 is 0 Å². The molecule has 0 saturated heterocycles. The van der Waals surface area contributed by atoms with Crippen molar-refractivity contribution >= 4 is 11.0 Å². The molecule has 5 nitrogen and oxygen atoms in total. The largest absolute Gasteiger partial charge is 0.416 e. The zero-order chi connectivity index (χ0) is 20.5. The van der Waals surface area contributed by atoms with Crippen LogP contribution in [0.3, 0.4) is 0 Å². The first kappa shape index (κ1) is 19.8. The summed E-state index contributed by atoms with van der Waals surface area (Å²) in [5, 5.41) is 9.34. The van der Waals surface area contributed by atoms with Gasteiger partial charge in [-0.25, -0.2) is 9.97 Å². The molecule has 28 heavy (non-hydrogen) atoms. The van der Waals surface area contributed by atoms with Crippen molar-refractivity contribution in [2.24, 2.45) is 7.05 Å². The Bertz CT molecular complexity index is 1040. The molecule has 0 saturated carbocycles. The minimum absolute atomic E-state index is 0.0942. The van der Waals surface area contributed by atoms with E-state index in [0.717, 1.165) is 6.07 Å². The fraction of sp³-hybridized carbons (Fsp3) is 0.350. The van der Waals surface area contributed by atoms with Crippen LogP contribution in [0.4, 0.5) is 13.2 Å². The van der Waals surface area contributed by atoms with Crippen LogP contribution in [0.25, 0.3) is 22.3 Å². The fourth-order valence-electron chi connectivity index (χ4n) is 3.16. The molecule has 0 unspecified atom stereocenters. The minimum Gasteiger partial charge on any atom is -0.334 e. The maximum absolute atomic E-state index is 13.6. The number of benzene rings is 1. The van der Waals surface area contributed by atoms with E-state index in [1.54, 1.807) is 30.1 Å². The second kappa shape index (κ2) is 7.60. The summed E-state index contributed by atoms with van der Waals surface area (Å²) in [7, 11) is 5.54. The van der Waals surface area contributed by atoms with Gasteiger partial charge in [0.2, 0.25) is 0 Å². The first-order valence-corrected chi connectivity index (χ1v) is 8.78. The molecule has 2 aromatic heterocycles. The van der Waals surface area contributed by atoms with Gasteiger partial charge in [0, 0.05) is 12.6 Å². The molecule has 0 radical (unpaired) electrons. The first-order chi connectivity index (χ1) is 13.2. The molecule has 1 aromatic carbocycles. The molecule has 0 N–H and O–H groups in total. The predicted octanol–water partition coefficient (Wildman–Crippen LogP) is 4.02. The van der Waals surface area contributed by atoms with Gasteiger partial charge in [0.15, 0.2) is 5.69 Å². The van der Waals surface area contributed by atoms with Crippen LogP contribution < -0.4 is 0 Å². The highest BCUT2D eigenvalue weighted by atomic mass is 19.4. The summed E-state index contributed by atoms with van der Waals surface area (Å²) in [6.07, 6.45) is -1.94. The van der Waals surface area contributed by atoms with E-state index in [9.17, 15) is 18.4 Å². The zero-order valence-corrected chi connectivity index (χ0v) is 15.9. The van der Waals surface area contributed by atoms with Crippen molar-refractivity contribution in [1.29, 1.82) is 5.26 Å². The predicted molar refractivity (Wildman–Crippen MR) is 101 cm³/mol. The van der Waals surface area contributed by atoms with E-state index in [0.29, 0.717) is 41.7 Å². The lowest BCUT2D eigenvalue weighted by atomic mass is 9.98. The Labute approximate surface area is 161 Å². The second-order valence-corrected chi connectivity index (χ2v) is 6.97. The van der Waals surface area contributed by atoms with Crippen molar-refractivity contribution in [3.8, 4) is 17.3 Å². The molecule has 0 fully saturated rings. The number of imidazole rings is 1. The summed E-state index contributed by atoms with van der Waals surface area (Å²) in [5.74, 6) is 0. The Morgan fingerprint density at radius 1 is 1.21 bits per heavy atom. The van der Waals surface area contributed by atoms with Crippen LogP contribution in [-0.2, 0) is 19.6 Å². The van der Waals surface area contributed by atoms with Crippen molar-refractivity contribution in [2.75, 3.05) is 20.6 Å². The van der Waals surface area contributed by atoms with Crippen LogP contribution in [0.15, 0.2) is 30.6 Å². The summed E-state index contributed by atoms with van der Waals surface area (Å²) < 4.78 is 42.6. The number of hydrogen-bond donors (Lipinski definition) is 0. The monoisotopic (exact) mass is 387 g/mol. The molecule has 146 valence electrons. The van der Waals surface area contributed by atoms with Crippen molar-refractivity contribution in [3.05, 3.63) is 47.4 Å². The third-order valence-corrected chi connectivity index (χ3v) is 4.58. The van der Waals surface area contributed by atoms with Gasteiger partial charge in [-0.1, -0.05) is 12.1 Å². The molecule has 0 spiro atoms. The van der Waals surface area contributed by atoms with Gasteiger partial charge in [-0.05, 0) is 51.2 Å². The van der Waals surface area contributed by atoms with Gasteiger partial charge in [0.25, 0.3) is 0 Å². The number of nitriles is 1. The van der Waals surface area contributed by atoms with Crippen molar-refractivity contribution in [2.45, 2.75) is 19.0 Å². The van der Waals surface area contributed by atoms with Gasteiger partial charge in [-0.15, -0.1) is 0 Å². The maximum atomic E-state index is 13.6. The number of fused-ring (bicyclic) bond motifs is 1. The zero-order valence-electron chi connectivity index (χ0n) is 15.9. The number of pyridine rings is 1. The lowest BCUT2D eigenvalue weighted by Crippen LogP contribution is -2.15. The average Bonchev–Trinajstić information content (AvgIpc) is 3.01.